The summed E-state index contributed by atoms with van der Waals surface area (Å²) in [6.07, 6.45) is 0. The first kappa shape index (κ1) is 20.4. The molecule has 0 aromatic heterocycles. The zero-order chi connectivity index (χ0) is 21.1. The number of likely N-dealkylation sites (tertiary alicyclic amines) is 1. The van der Waals surface area contributed by atoms with Gasteiger partial charge in [0.2, 0.25) is 0 Å². The lowest BCUT2D eigenvalue weighted by molar-refractivity contribution is -0.140. The van der Waals surface area contributed by atoms with E-state index in [9.17, 15) is 19.8 Å². The summed E-state index contributed by atoms with van der Waals surface area (Å²) < 4.78 is 5.30. The Morgan fingerprint density at radius 2 is 1.86 bits per heavy atom. The summed E-state index contributed by atoms with van der Waals surface area (Å²) >= 11 is 0. The highest BCUT2D eigenvalue weighted by molar-refractivity contribution is 6.46. The molecule has 1 saturated heterocycles. The van der Waals surface area contributed by atoms with E-state index in [0.717, 1.165) is 0 Å². The number of hydrogen-bond acceptors (Lipinski definition) is 6. The average molecular weight is 396 g/mol. The number of nitrogens with zero attached hydrogens (tertiary/aromatic N) is 2. The van der Waals surface area contributed by atoms with Crippen LogP contribution < -0.4 is 4.74 Å². The Hall–Kier alpha value is -3.32. The minimum Gasteiger partial charge on any atom is -0.508 e. The van der Waals surface area contributed by atoms with Gasteiger partial charge in [0.25, 0.3) is 11.7 Å². The van der Waals surface area contributed by atoms with Crippen molar-refractivity contribution in [1.29, 1.82) is 0 Å². The zero-order valence-corrected chi connectivity index (χ0v) is 16.6. The van der Waals surface area contributed by atoms with Crippen LogP contribution in [-0.2, 0) is 9.59 Å². The molecule has 2 aromatic rings. The van der Waals surface area contributed by atoms with Crippen molar-refractivity contribution in [2.24, 2.45) is 0 Å². The van der Waals surface area contributed by atoms with Crippen molar-refractivity contribution in [3.8, 4) is 11.5 Å². The van der Waals surface area contributed by atoms with Gasteiger partial charge in [-0.15, -0.1) is 0 Å². The first-order chi connectivity index (χ1) is 13.8. The summed E-state index contributed by atoms with van der Waals surface area (Å²) in [6, 6.07) is 12.3. The van der Waals surface area contributed by atoms with Crippen molar-refractivity contribution in [3.63, 3.8) is 0 Å². The van der Waals surface area contributed by atoms with Gasteiger partial charge in [-0.3, -0.25) is 9.59 Å². The highest BCUT2D eigenvalue weighted by Crippen LogP contribution is 2.41. The van der Waals surface area contributed by atoms with Crippen molar-refractivity contribution in [2.75, 3.05) is 34.3 Å². The molecule has 1 unspecified atom stereocenters. The highest BCUT2D eigenvalue weighted by atomic mass is 16.5. The Morgan fingerprint density at radius 1 is 1.14 bits per heavy atom. The Morgan fingerprint density at radius 3 is 2.52 bits per heavy atom. The second-order valence-corrected chi connectivity index (χ2v) is 7.09. The van der Waals surface area contributed by atoms with Crippen LogP contribution in [0.25, 0.3) is 5.76 Å². The Kier molecular flexibility index (Phi) is 5.89. The molecule has 1 fully saturated rings. The average Bonchev–Trinajstić information content (AvgIpc) is 2.96. The number of likely N-dealkylation sites (N-methyl/N-ethyl adjacent to an activating group) is 1. The fourth-order valence-corrected chi connectivity index (χ4v) is 3.45. The zero-order valence-electron chi connectivity index (χ0n) is 16.6. The number of benzene rings is 2. The minimum atomic E-state index is -0.813. The van der Waals surface area contributed by atoms with Gasteiger partial charge in [0.05, 0.1) is 24.3 Å². The van der Waals surface area contributed by atoms with Crippen LogP contribution in [0.1, 0.15) is 17.2 Å². The number of Topliss-reactive ketones (excluding diaryl/α,β-unsaturated/α-hetero) is 1. The molecule has 1 heterocycles. The van der Waals surface area contributed by atoms with Crippen molar-refractivity contribution in [3.05, 3.63) is 65.2 Å². The molecule has 1 aliphatic rings. The van der Waals surface area contributed by atoms with Gasteiger partial charge in [0.15, 0.2) is 0 Å². The number of ether oxygens (including phenoxy) is 1. The van der Waals surface area contributed by atoms with E-state index in [0.29, 0.717) is 30.0 Å². The molecule has 1 aliphatic heterocycles. The smallest absolute Gasteiger partial charge is 0.295 e. The molecule has 0 radical (unpaired) electrons. The lowest BCUT2D eigenvalue weighted by Crippen LogP contribution is -2.35. The predicted octanol–water partition coefficient (Wildman–Crippen LogP) is 2.38. The molecule has 7 heteroatoms. The standard InChI is InChI=1S/C22H24N2O5/c1-23(2)11-12-24-19(14-7-6-8-15(25)13-14)18(21(27)22(24)28)20(26)16-9-4-5-10-17(16)29-3/h4-10,13,19,25-26H,11-12H2,1-3H3/b20-18-. The number of phenolic OH excluding ortho intramolecular Hbond substituents is 1. The van der Waals surface area contributed by atoms with E-state index < -0.39 is 17.7 Å². The molecule has 1 amide bonds. The number of rotatable bonds is 6. The normalized spacial score (nSPS) is 18.5. The number of para-hydroxylation sites is 1. The van der Waals surface area contributed by atoms with Crippen molar-refractivity contribution in [2.45, 2.75) is 6.04 Å². The predicted molar refractivity (Wildman–Crippen MR) is 109 cm³/mol. The number of aliphatic hydroxyl groups is 1. The molecular weight excluding hydrogens is 372 g/mol. The number of ketones is 1. The minimum absolute atomic E-state index is 0.0120. The third kappa shape index (κ3) is 3.95. The number of carbonyl (C=O) groups is 2. The van der Waals surface area contributed by atoms with Crippen LogP contribution in [0, 0.1) is 0 Å². The van der Waals surface area contributed by atoms with Gasteiger partial charge in [0.1, 0.15) is 17.3 Å². The maximum atomic E-state index is 12.9. The Bertz CT molecular complexity index is 967. The van der Waals surface area contributed by atoms with E-state index in [-0.39, 0.29) is 17.1 Å². The molecule has 3 rings (SSSR count). The lowest BCUT2D eigenvalue weighted by Gasteiger charge is -2.26. The van der Waals surface area contributed by atoms with Gasteiger partial charge in [-0.1, -0.05) is 24.3 Å². The molecule has 0 spiro atoms. The number of aromatic hydroxyl groups is 1. The fourth-order valence-electron chi connectivity index (χ4n) is 3.45. The third-order valence-electron chi connectivity index (χ3n) is 4.88. The molecule has 152 valence electrons. The topological polar surface area (TPSA) is 90.3 Å². The fraction of sp³-hybridized carbons (Fsp3) is 0.273. The molecule has 0 aliphatic carbocycles. The molecule has 7 nitrogen and oxygen atoms in total. The Balaban J connectivity index is 2.19. The quantitative estimate of drug-likeness (QED) is 0.443. The lowest BCUT2D eigenvalue weighted by atomic mass is 9.95. The van der Waals surface area contributed by atoms with Crippen LogP contribution in [-0.4, -0.2) is 66.0 Å². The van der Waals surface area contributed by atoms with Gasteiger partial charge in [-0.05, 0) is 43.9 Å². The first-order valence-electron chi connectivity index (χ1n) is 9.20. The summed E-state index contributed by atoms with van der Waals surface area (Å²) in [5, 5.41) is 21.0. The van der Waals surface area contributed by atoms with E-state index in [1.807, 2.05) is 19.0 Å². The number of methoxy groups -OCH3 is 1. The molecule has 29 heavy (non-hydrogen) atoms. The van der Waals surface area contributed by atoms with Gasteiger partial charge in [-0.25, -0.2) is 0 Å². The van der Waals surface area contributed by atoms with Crippen LogP contribution >= 0.6 is 0 Å². The largest absolute Gasteiger partial charge is 0.508 e. The summed E-state index contributed by atoms with van der Waals surface area (Å²) in [5.41, 5.74) is 0.842. The molecule has 2 N–H and O–H groups in total. The van der Waals surface area contributed by atoms with E-state index in [1.165, 1.54) is 24.1 Å². The monoisotopic (exact) mass is 396 g/mol. The van der Waals surface area contributed by atoms with Crippen molar-refractivity contribution in [1.82, 2.24) is 9.80 Å². The molecule has 2 aromatic carbocycles. The third-order valence-corrected chi connectivity index (χ3v) is 4.88. The summed E-state index contributed by atoms with van der Waals surface area (Å²) in [7, 11) is 5.21. The van der Waals surface area contributed by atoms with Gasteiger partial charge < -0.3 is 24.7 Å². The van der Waals surface area contributed by atoms with Crippen LogP contribution in [0.5, 0.6) is 11.5 Å². The van der Waals surface area contributed by atoms with E-state index in [2.05, 4.69) is 0 Å². The second kappa shape index (κ2) is 8.36. The summed E-state index contributed by atoms with van der Waals surface area (Å²) in [6.45, 7) is 0.831. The van der Waals surface area contributed by atoms with Gasteiger partial charge in [-0.2, -0.15) is 0 Å². The van der Waals surface area contributed by atoms with E-state index in [1.54, 1.807) is 36.4 Å². The number of hydrogen-bond donors (Lipinski definition) is 2. The number of aliphatic hydroxyl groups excluding tert-OH is 1. The van der Waals surface area contributed by atoms with Crippen molar-refractivity contribution < 1.29 is 24.5 Å². The molecule has 0 bridgehead atoms. The number of carbonyl (C=O) groups excluding carboxylic acids is 2. The maximum Gasteiger partial charge on any atom is 0.295 e. The summed E-state index contributed by atoms with van der Waals surface area (Å²) in [4.78, 5) is 29.1. The first-order valence-corrected chi connectivity index (χ1v) is 9.20. The van der Waals surface area contributed by atoms with Crippen LogP contribution in [0.4, 0.5) is 0 Å². The summed E-state index contributed by atoms with van der Waals surface area (Å²) in [5.74, 6) is -1.35. The van der Waals surface area contributed by atoms with Crippen molar-refractivity contribution >= 4 is 17.4 Å². The molecular formula is C22H24N2O5. The Labute approximate surface area is 169 Å². The van der Waals surface area contributed by atoms with Gasteiger partial charge in [0, 0.05) is 13.1 Å². The van der Waals surface area contributed by atoms with Gasteiger partial charge >= 0.3 is 0 Å². The highest BCUT2D eigenvalue weighted by Gasteiger charge is 2.46. The molecule has 1 atom stereocenters. The SMILES string of the molecule is COc1ccccc1/C(O)=C1/C(=O)C(=O)N(CCN(C)C)C1c1cccc(O)c1. The van der Waals surface area contributed by atoms with Crippen LogP contribution in [0.15, 0.2) is 54.1 Å². The second-order valence-electron chi connectivity index (χ2n) is 7.09. The van der Waals surface area contributed by atoms with Crippen LogP contribution in [0.3, 0.4) is 0 Å². The maximum absolute atomic E-state index is 12.9. The van der Waals surface area contributed by atoms with Crippen LogP contribution in [0.2, 0.25) is 0 Å². The van der Waals surface area contributed by atoms with E-state index in [4.69, 9.17) is 4.74 Å². The number of phenols is 1. The number of amides is 1. The molecule has 0 saturated carbocycles. The van der Waals surface area contributed by atoms with E-state index >= 15 is 0 Å².